The second-order valence-electron chi connectivity index (χ2n) is 3.67. The molecule has 0 aromatic rings. The first-order valence-electron chi connectivity index (χ1n) is 5.42. The second-order valence-corrected chi connectivity index (χ2v) is 3.67. The maximum Gasteiger partial charge on any atom is -0.0417 e. The molecule has 0 nitrogen and oxygen atoms in total. The van der Waals surface area contributed by atoms with Crippen molar-refractivity contribution >= 4 is 0 Å². The van der Waals surface area contributed by atoms with Crippen LogP contribution in [0, 0.1) is 19.3 Å². The molecule has 0 bridgehead atoms. The van der Waals surface area contributed by atoms with Crippen molar-refractivity contribution in [2.75, 3.05) is 0 Å². The third kappa shape index (κ3) is 8.10. The Balaban J connectivity index is 2.90. The summed E-state index contributed by atoms with van der Waals surface area (Å²) in [6.45, 7) is 8.45. The molecule has 0 fully saturated rings. The highest BCUT2D eigenvalue weighted by Crippen LogP contribution is 2.13. The lowest BCUT2D eigenvalue weighted by Crippen LogP contribution is -1.91. The van der Waals surface area contributed by atoms with Crippen LogP contribution in [0.4, 0.5) is 0 Å². The van der Waals surface area contributed by atoms with Gasteiger partial charge < -0.3 is 0 Å². The number of hydrogen-bond acceptors (Lipinski definition) is 0. The highest BCUT2D eigenvalue weighted by molar-refractivity contribution is 4.60. The Morgan fingerprint density at radius 3 is 2.42 bits per heavy atom. The summed E-state index contributed by atoms with van der Waals surface area (Å²) in [5.41, 5.74) is 0. The quantitative estimate of drug-likeness (QED) is 0.471. The van der Waals surface area contributed by atoms with E-state index in [4.69, 9.17) is 0 Å². The Morgan fingerprint density at radius 1 is 1.17 bits per heavy atom. The molecule has 0 aliphatic heterocycles. The van der Waals surface area contributed by atoms with Gasteiger partial charge in [0.25, 0.3) is 0 Å². The predicted molar refractivity (Wildman–Crippen MR) is 56.8 cm³/mol. The summed E-state index contributed by atoms with van der Waals surface area (Å²) in [6, 6.07) is 0. The largest absolute Gasteiger partial charge is 0.0651 e. The van der Waals surface area contributed by atoms with Crippen LogP contribution in [0.5, 0.6) is 0 Å². The molecule has 12 heavy (non-hydrogen) atoms. The molecule has 1 atom stereocenters. The first-order valence-corrected chi connectivity index (χ1v) is 5.42. The van der Waals surface area contributed by atoms with Gasteiger partial charge in [0.15, 0.2) is 0 Å². The lowest BCUT2D eigenvalue weighted by Gasteiger charge is -2.06. The maximum atomic E-state index is 4.08. The van der Waals surface area contributed by atoms with E-state index in [-0.39, 0.29) is 0 Å². The Morgan fingerprint density at radius 2 is 1.83 bits per heavy atom. The van der Waals surface area contributed by atoms with Crippen molar-refractivity contribution in [1.29, 1.82) is 0 Å². The highest BCUT2D eigenvalue weighted by atomic mass is 14.0. The van der Waals surface area contributed by atoms with E-state index < -0.39 is 0 Å². The van der Waals surface area contributed by atoms with E-state index >= 15 is 0 Å². The van der Waals surface area contributed by atoms with E-state index in [9.17, 15) is 0 Å². The van der Waals surface area contributed by atoms with E-state index in [0.717, 1.165) is 0 Å². The van der Waals surface area contributed by atoms with Crippen LogP contribution in [-0.2, 0) is 0 Å². The van der Waals surface area contributed by atoms with Crippen molar-refractivity contribution in [2.24, 2.45) is 5.92 Å². The van der Waals surface area contributed by atoms with Crippen molar-refractivity contribution in [2.45, 2.75) is 58.8 Å². The molecule has 0 aromatic heterocycles. The Hall–Kier alpha value is 0. The molecule has 72 valence electrons. The Bertz CT molecular complexity index is 76.1. The van der Waals surface area contributed by atoms with E-state index in [1.807, 2.05) is 0 Å². The number of unbranched alkanes of at least 4 members (excludes halogenated alkanes) is 5. The molecule has 0 spiro atoms. The fraction of sp³-hybridized carbons (Fsp3) is 0.833. The van der Waals surface area contributed by atoms with Crippen LogP contribution in [0.3, 0.4) is 0 Å². The molecule has 0 saturated carbocycles. The summed E-state index contributed by atoms with van der Waals surface area (Å²) in [7, 11) is 0. The smallest absolute Gasteiger partial charge is 0.0417 e. The van der Waals surface area contributed by atoms with Crippen LogP contribution < -0.4 is 0 Å². The van der Waals surface area contributed by atoms with Gasteiger partial charge in [0, 0.05) is 0 Å². The van der Waals surface area contributed by atoms with Crippen molar-refractivity contribution < 1.29 is 0 Å². The number of hydrogen-bond donors (Lipinski definition) is 0. The van der Waals surface area contributed by atoms with E-state index in [2.05, 4.69) is 27.2 Å². The minimum Gasteiger partial charge on any atom is -0.0651 e. The molecular weight excluding hydrogens is 144 g/mol. The van der Waals surface area contributed by atoms with Crippen molar-refractivity contribution in [3.63, 3.8) is 0 Å². The first kappa shape index (κ1) is 12.0. The lowest BCUT2D eigenvalue weighted by atomic mass is 10.00. The van der Waals surface area contributed by atoms with Crippen molar-refractivity contribution in [1.82, 2.24) is 0 Å². The van der Waals surface area contributed by atoms with Gasteiger partial charge in [-0.3, -0.25) is 0 Å². The molecular formula is C12H24. The molecule has 0 amide bonds. The van der Waals surface area contributed by atoms with Gasteiger partial charge >= 0.3 is 0 Å². The lowest BCUT2D eigenvalue weighted by molar-refractivity contribution is 0.511. The molecule has 0 saturated heterocycles. The third-order valence-electron chi connectivity index (χ3n) is 2.43. The van der Waals surface area contributed by atoms with Crippen molar-refractivity contribution in [3.05, 3.63) is 13.3 Å². The molecule has 0 N–H and O–H groups in total. The van der Waals surface area contributed by atoms with Gasteiger partial charge in [-0.15, -0.1) is 0 Å². The van der Waals surface area contributed by atoms with E-state index in [0.29, 0.717) is 5.92 Å². The summed E-state index contributed by atoms with van der Waals surface area (Å²) in [5, 5.41) is 0. The number of rotatable bonds is 8. The Labute approximate surface area is 78.8 Å². The van der Waals surface area contributed by atoms with Gasteiger partial charge in [0.05, 0.1) is 0 Å². The van der Waals surface area contributed by atoms with Gasteiger partial charge in [-0.05, 0) is 12.3 Å². The van der Waals surface area contributed by atoms with Gasteiger partial charge in [0.1, 0.15) is 0 Å². The van der Waals surface area contributed by atoms with Crippen molar-refractivity contribution in [3.8, 4) is 0 Å². The molecule has 0 aliphatic carbocycles. The standard InChI is InChI=1S/C12H24/c1-4-6-7-8-9-10-11-12(3)5-2/h4,12H,3,5-11H2,1-2H3. The molecule has 0 aromatic carbocycles. The summed E-state index contributed by atoms with van der Waals surface area (Å²) in [4.78, 5) is 0. The third-order valence-corrected chi connectivity index (χ3v) is 2.43. The van der Waals surface area contributed by atoms with Crippen LogP contribution in [0.2, 0.25) is 0 Å². The summed E-state index contributed by atoms with van der Waals surface area (Å²) < 4.78 is 0. The highest BCUT2D eigenvalue weighted by Gasteiger charge is 1.97. The van der Waals surface area contributed by atoms with E-state index in [1.165, 1.54) is 44.9 Å². The van der Waals surface area contributed by atoms with Gasteiger partial charge in [0.2, 0.25) is 0 Å². The van der Waals surface area contributed by atoms with Gasteiger partial charge in [-0.25, -0.2) is 0 Å². The molecule has 2 radical (unpaired) electrons. The minimum absolute atomic E-state index is 0.697. The zero-order chi connectivity index (χ0) is 9.23. The first-order chi connectivity index (χ1) is 5.81. The zero-order valence-electron chi connectivity index (χ0n) is 8.81. The fourth-order valence-corrected chi connectivity index (χ4v) is 1.34. The maximum absolute atomic E-state index is 4.08. The van der Waals surface area contributed by atoms with Crippen LogP contribution in [0.25, 0.3) is 0 Å². The van der Waals surface area contributed by atoms with Crippen LogP contribution in [-0.4, -0.2) is 0 Å². The minimum atomic E-state index is 0.697. The topological polar surface area (TPSA) is 0 Å². The second kappa shape index (κ2) is 9.09. The average Bonchev–Trinajstić information content (AvgIpc) is 2.10. The van der Waals surface area contributed by atoms with Gasteiger partial charge in [-0.1, -0.05) is 65.7 Å². The molecule has 1 unspecified atom stereocenters. The summed E-state index contributed by atoms with van der Waals surface area (Å²) in [6.07, 6.45) is 11.7. The normalized spacial score (nSPS) is 13.2. The molecule has 0 heterocycles. The Kier molecular flexibility index (Phi) is 9.09. The predicted octanol–water partition coefficient (Wildman–Crippen LogP) is 4.41. The van der Waals surface area contributed by atoms with Crippen LogP contribution in [0.15, 0.2) is 0 Å². The molecule has 0 aliphatic rings. The fourth-order valence-electron chi connectivity index (χ4n) is 1.34. The van der Waals surface area contributed by atoms with E-state index in [1.54, 1.807) is 0 Å². The zero-order valence-corrected chi connectivity index (χ0v) is 8.81. The summed E-state index contributed by atoms with van der Waals surface area (Å²) in [5.74, 6) is 0.697. The SMILES string of the molecule is [CH2]C(CC)CCCCCC[CH]C. The monoisotopic (exact) mass is 168 g/mol. The molecule has 0 heteroatoms. The van der Waals surface area contributed by atoms with Crippen LogP contribution >= 0.6 is 0 Å². The molecule has 0 rings (SSSR count). The summed E-state index contributed by atoms with van der Waals surface area (Å²) >= 11 is 0. The average molecular weight is 168 g/mol. The van der Waals surface area contributed by atoms with Gasteiger partial charge in [-0.2, -0.15) is 0 Å². The van der Waals surface area contributed by atoms with Crippen LogP contribution in [0.1, 0.15) is 58.8 Å².